The molecule has 0 bridgehead atoms. The number of sulfonamides is 1. The molecule has 1 saturated heterocycles. The lowest BCUT2D eigenvalue weighted by Gasteiger charge is -2.23. The normalized spacial score (nSPS) is 17.8. The van der Waals surface area contributed by atoms with Crippen molar-refractivity contribution in [3.05, 3.63) is 57.8 Å². The standard InChI is InChI=1S/C20H27N3O3S2/c1-16-6-8-17(9-7-16)20(18-5-3-14-27-18)21-19(24)15-22-10-4-11-23(13-12-22)28(2,25)26/h3,5-9,14,20H,4,10-13,15H2,1-2H3,(H,21,24). The molecule has 0 spiro atoms. The summed E-state index contributed by atoms with van der Waals surface area (Å²) in [5.74, 6) is -0.0493. The Hall–Kier alpha value is -1.74. The Kier molecular flexibility index (Phi) is 6.87. The van der Waals surface area contributed by atoms with Crippen LogP contribution in [0.4, 0.5) is 0 Å². The van der Waals surface area contributed by atoms with E-state index in [0.29, 0.717) is 26.2 Å². The van der Waals surface area contributed by atoms with Gasteiger partial charge in [0.2, 0.25) is 15.9 Å². The first-order valence-corrected chi connectivity index (χ1v) is 12.1. The molecule has 2 aromatic rings. The summed E-state index contributed by atoms with van der Waals surface area (Å²) in [6.07, 6.45) is 1.97. The first-order valence-electron chi connectivity index (χ1n) is 9.40. The second kappa shape index (κ2) is 9.17. The van der Waals surface area contributed by atoms with Crippen molar-refractivity contribution in [3.63, 3.8) is 0 Å². The van der Waals surface area contributed by atoms with Gasteiger partial charge in [0.1, 0.15) is 0 Å². The van der Waals surface area contributed by atoms with Crippen LogP contribution in [0.3, 0.4) is 0 Å². The number of amides is 1. The molecule has 1 unspecified atom stereocenters. The van der Waals surface area contributed by atoms with E-state index in [0.717, 1.165) is 16.9 Å². The highest BCUT2D eigenvalue weighted by atomic mass is 32.2. The Morgan fingerprint density at radius 2 is 1.89 bits per heavy atom. The van der Waals surface area contributed by atoms with Gasteiger partial charge in [0.05, 0.1) is 18.8 Å². The molecule has 1 atom stereocenters. The number of nitrogens with zero attached hydrogens (tertiary/aromatic N) is 2. The van der Waals surface area contributed by atoms with Gasteiger partial charge in [-0.05, 0) is 36.9 Å². The molecular weight excluding hydrogens is 394 g/mol. The van der Waals surface area contributed by atoms with Gasteiger partial charge in [-0.1, -0.05) is 35.9 Å². The summed E-state index contributed by atoms with van der Waals surface area (Å²) in [6.45, 7) is 4.53. The maximum Gasteiger partial charge on any atom is 0.234 e. The summed E-state index contributed by atoms with van der Waals surface area (Å²) < 4.78 is 25.0. The highest BCUT2D eigenvalue weighted by Gasteiger charge is 2.24. The van der Waals surface area contributed by atoms with E-state index in [2.05, 4.69) is 29.6 Å². The van der Waals surface area contributed by atoms with Gasteiger partial charge in [-0.2, -0.15) is 0 Å². The number of nitrogens with one attached hydrogen (secondary N) is 1. The molecule has 8 heteroatoms. The van der Waals surface area contributed by atoms with E-state index in [9.17, 15) is 13.2 Å². The van der Waals surface area contributed by atoms with Crippen LogP contribution in [-0.4, -0.2) is 62.5 Å². The number of carbonyl (C=O) groups is 1. The molecular formula is C20H27N3O3S2. The molecule has 152 valence electrons. The molecule has 1 fully saturated rings. The summed E-state index contributed by atoms with van der Waals surface area (Å²) in [6, 6.07) is 12.1. The van der Waals surface area contributed by atoms with Crippen LogP contribution in [0.2, 0.25) is 0 Å². The second-order valence-corrected chi connectivity index (χ2v) is 10.2. The van der Waals surface area contributed by atoms with Crippen molar-refractivity contribution in [1.29, 1.82) is 0 Å². The van der Waals surface area contributed by atoms with Crippen LogP contribution >= 0.6 is 11.3 Å². The molecule has 3 rings (SSSR count). The third-order valence-corrected chi connectivity index (χ3v) is 7.17. The smallest absolute Gasteiger partial charge is 0.234 e. The quantitative estimate of drug-likeness (QED) is 0.777. The van der Waals surface area contributed by atoms with Crippen molar-refractivity contribution in [2.75, 3.05) is 39.0 Å². The Morgan fingerprint density at radius 3 is 2.54 bits per heavy atom. The van der Waals surface area contributed by atoms with Crippen molar-refractivity contribution in [3.8, 4) is 0 Å². The van der Waals surface area contributed by atoms with Crippen LogP contribution < -0.4 is 5.32 Å². The molecule has 1 aliphatic rings. The average molecular weight is 422 g/mol. The van der Waals surface area contributed by atoms with Gasteiger partial charge >= 0.3 is 0 Å². The van der Waals surface area contributed by atoms with E-state index < -0.39 is 10.0 Å². The van der Waals surface area contributed by atoms with E-state index in [1.54, 1.807) is 11.3 Å². The predicted octanol–water partition coefficient (Wildman–Crippen LogP) is 2.23. The van der Waals surface area contributed by atoms with Crippen molar-refractivity contribution in [1.82, 2.24) is 14.5 Å². The van der Waals surface area contributed by atoms with Gasteiger partial charge in [0, 0.05) is 24.5 Å². The van der Waals surface area contributed by atoms with Crippen LogP contribution in [-0.2, 0) is 14.8 Å². The molecule has 2 heterocycles. The van der Waals surface area contributed by atoms with Gasteiger partial charge in [-0.15, -0.1) is 11.3 Å². The van der Waals surface area contributed by atoms with Crippen molar-refractivity contribution < 1.29 is 13.2 Å². The van der Waals surface area contributed by atoms with Gasteiger partial charge in [-0.25, -0.2) is 12.7 Å². The SMILES string of the molecule is Cc1ccc(C(NC(=O)CN2CCCN(S(C)(=O)=O)CC2)c2cccs2)cc1. The number of benzene rings is 1. The third kappa shape index (κ3) is 5.64. The van der Waals surface area contributed by atoms with Gasteiger partial charge in [0.15, 0.2) is 0 Å². The summed E-state index contributed by atoms with van der Waals surface area (Å²) in [4.78, 5) is 15.9. The van der Waals surface area contributed by atoms with Gasteiger partial charge in [0.25, 0.3) is 0 Å². The lowest BCUT2D eigenvalue weighted by molar-refractivity contribution is -0.122. The van der Waals surface area contributed by atoms with E-state index in [-0.39, 0.29) is 18.5 Å². The summed E-state index contributed by atoms with van der Waals surface area (Å²) in [7, 11) is -3.18. The minimum atomic E-state index is -3.18. The molecule has 1 N–H and O–H groups in total. The fourth-order valence-electron chi connectivity index (χ4n) is 3.38. The molecule has 1 aromatic carbocycles. The minimum absolute atomic E-state index is 0.0493. The molecule has 0 radical (unpaired) electrons. The third-order valence-electron chi connectivity index (χ3n) is 4.93. The predicted molar refractivity (Wildman–Crippen MR) is 113 cm³/mol. The summed E-state index contributed by atoms with van der Waals surface area (Å²) in [5.41, 5.74) is 2.24. The van der Waals surface area contributed by atoms with Crippen LogP contribution in [0, 0.1) is 6.92 Å². The number of aryl methyl sites for hydroxylation is 1. The summed E-state index contributed by atoms with van der Waals surface area (Å²) >= 11 is 1.62. The Balaban J connectivity index is 1.65. The topological polar surface area (TPSA) is 69.7 Å². The number of rotatable bonds is 6. The monoisotopic (exact) mass is 421 g/mol. The first kappa shape index (κ1) is 21.0. The lowest BCUT2D eigenvalue weighted by Crippen LogP contribution is -2.41. The number of hydrogen-bond acceptors (Lipinski definition) is 5. The molecule has 6 nitrogen and oxygen atoms in total. The largest absolute Gasteiger partial charge is 0.343 e. The molecule has 1 aromatic heterocycles. The minimum Gasteiger partial charge on any atom is -0.343 e. The molecule has 0 saturated carbocycles. The zero-order valence-electron chi connectivity index (χ0n) is 16.3. The highest BCUT2D eigenvalue weighted by Crippen LogP contribution is 2.26. The van der Waals surface area contributed by atoms with Crippen LogP contribution in [0.25, 0.3) is 0 Å². The second-order valence-electron chi connectivity index (χ2n) is 7.22. The Bertz CT molecular complexity index is 880. The Labute approximate surface area is 171 Å². The van der Waals surface area contributed by atoms with Crippen molar-refractivity contribution in [2.24, 2.45) is 0 Å². The fraction of sp³-hybridized carbons (Fsp3) is 0.450. The molecule has 1 aliphatic heterocycles. The maximum atomic E-state index is 12.8. The van der Waals surface area contributed by atoms with E-state index in [1.165, 1.54) is 16.1 Å². The Morgan fingerprint density at radius 1 is 1.14 bits per heavy atom. The van der Waals surface area contributed by atoms with Gasteiger partial charge < -0.3 is 5.32 Å². The van der Waals surface area contributed by atoms with Crippen LogP contribution in [0.1, 0.15) is 28.5 Å². The number of hydrogen-bond donors (Lipinski definition) is 1. The highest BCUT2D eigenvalue weighted by molar-refractivity contribution is 7.88. The maximum absolute atomic E-state index is 12.8. The van der Waals surface area contributed by atoms with Crippen molar-refractivity contribution >= 4 is 27.3 Å². The number of thiophene rings is 1. The van der Waals surface area contributed by atoms with E-state index >= 15 is 0 Å². The van der Waals surface area contributed by atoms with Crippen LogP contribution in [0.5, 0.6) is 0 Å². The van der Waals surface area contributed by atoms with Gasteiger partial charge in [-0.3, -0.25) is 9.69 Å². The zero-order chi connectivity index (χ0) is 20.1. The number of carbonyl (C=O) groups excluding carboxylic acids is 1. The first-order chi connectivity index (χ1) is 13.3. The fourth-order valence-corrected chi connectivity index (χ4v) is 5.06. The lowest BCUT2D eigenvalue weighted by atomic mass is 10.0. The average Bonchev–Trinajstić information content (AvgIpc) is 3.06. The van der Waals surface area contributed by atoms with Crippen molar-refractivity contribution in [2.45, 2.75) is 19.4 Å². The molecule has 28 heavy (non-hydrogen) atoms. The van der Waals surface area contributed by atoms with E-state index in [4.69, 9.17) is 0 Å². The van der Waals surface area contributed by atoms with E-state index in [1.807, 2.05) is 29.3 Å². The molecule has 0 aliphatic carbocycles. The van der Waals surface area contributed by atoms with Crippen LogP contribution in [0.15, 0.2) is 41.8 Å². The molecule has 1 amide bonds. The zero-order valence-corrected chi connectivity index (χ0v) is 17.9. The summed E-state index contributed by atoms with van der Waals surface area (Å²) in [5, 5.41) is 5.17.